The fourth-order valence-electron chi connectivity index (χ4n) is 4.05. The van der Waals surface area contributed by atoms with Crippen molar-refractivity contribution in [2.45, 2.75) is 78.2 Å². The normalized spacial score (nSPS) is 25.5. The van der Waals surface area contributed by atoms with Crippen molar-refractivity contribution < 1.29 is 0 Å². The maximum atomic E-state index is 2.47. The molecule has 0 saturated carbocycles. The number of allylic oxidation sites excluding steroid dienone is 7. The van der Waals surface area contributed by atoms with Gasteiger partial charge in [0.1, 0.15) is 0 Å². The molecule has 0 nitrogen and oxygen atoms in total. The van der Waals surface area contributed by atoms with Gasteiger partial charge in [-0.25, -0.2) is 0 Å². The highest BCUT2D eigenvalue weighted by Gasteiger charge is 2.52. The molecule has 0 bridgehead atoms. The fraction of sp³-hybridized carbons (Fsp3) is 0.636. The topological polar surface area (TPSA) is 0 Å². The lowest BCUT2D eigenvalue weighted by atomic mass is 9.61. The van der Waals surface area contributed by atoms with Crippen molar-refractivity contribution in [1.29, 1.82) is 0 Å². The lowest BCUT2D eigenvalue weighted by molar-refractivity contribution is 0.299. The summed E-state index contributed by atoms with van der Waals surface area (Å²) in [5, 5.41) is 0.609. The van der Waals surface area contributed by atoms with Crippen LogP contribution in [-0.4, -0.2) is 10.00 Å². The Kier molecular flexibility index (Phi) is 5.12. The minimum Gasteiger partial charge on any atom is -0.147 e. The summed E-state index contributed by atoms with van der Waals surface area (Å²) in [5.74, 6) is 0. The molecular formula is C22H34S. The van der Waals surface area contributed by atoms with Crippen molar-refractivity contribution in [3.8, 4) is 0 Å². The maximum Gasteiger partial charge on any atom is 0.0504 e. The second-order valence-electron chi connectivity index (χ2n) is 8.88. The van der Waals surface area contributed by atoms with Crippen LogP contribution in [0.5, 0.6) is 0 Å². The predicted octanol–water partition coefficient (Wildman–Crippen LogP) is 7.10. The van der Waals surface area contributed by atoms with Crippen LogP contribution in [0.4, 0.5) is 0 Å². The molecule has 0 radical (unpaired) electrons. The molecule has 1 heteroatoms. The standard InChI is InChI=1S/C22H34S/c1-16(2)23-22(21(7,8)18-11-9-10-12-18)14-13-17(3)15-19(22)20(4,5)6/h9,11-13,15-16H,10,14H2,1-8H3. The van der Waals surface area contributed by atoms with E-state index in [9.17, 15) is 0 Å². The van der Waals surface area contributed by atoms with Crippen LogP contribution in [0.3, 0.4) is 0 Å². The lowest BCUT2D eigenvalue weighted by Crippen LogP contribution is -2.49. The molecule has 1 atom stereocenters. The summed E-state index contributed by atoms with van der Waals surface area (Å²) in [4.78, 5) is 0. The minimum absolute atomic E-state index is 0.116. The average Bonchev–Trinajstić information content (AvgIpc) is 2.93. The van der Waals surface area contributed by atoms with E-state index in [0.717, 1.165) is 12.8 Å². The average molecular weight is 331 g/mol. The van der Waals surface area contributed by atoms with E-state index in [-0.39, 0.29) is 15.6 Å². The molecule has 0 aliphatic heterocycles. The van der Waals surface area contributed by atoms with E-state index in [2.05, 4.69) is 97.5 Å². The molecule has 23 heavy (non-hydrogen) atoms. The Morgan fingerprint density at radius 1 is 1.09 bits per heavy atom. The molecule has 2 aliphatic rings. The smallest absolute Gasteiger partial charge is 0.0504 e. The zero-order valence-electron chi connectivity index (χ0n) is 16.3. The third kappa shape index (κ3) is 3.40. The van der Waals surface area contributed by atoms with Gasteiger partial charge in [-0.3, -0.25) is 0 Å². The zero-order chi connectivity index (χ0) is 17.5. The van der Waals surface area contributed by atoms with Gasteiger partial charge in [-0.1, -0.05) is 84.4 Å². The van der Waals surface area contributed by atoms with E-state index in [0.29, 0.717) is 5.25 Å². The molecule has 0 heterocycles. The van der Waals surface area contributed by atoms with E-state index in [1.807, 2.05) is 0 Å². The van der Waals surface area contributed by atoms with Gasteiger partial charge < -0.3 is 0 Å². The SMILES string of the molecule is CC1=CCC(SC(C)C)(C(C)(C)C2=CCC=C2)C(C(C)(C)C)=C1. The van der Waals surface area contributed by atoms with E-state index in [1.165, 1.54) is 11.1 Å². The summed E-state index contributed by atoms with van der Waals surface area (Å²) in [6.07, 6.45) is 14.2. The first kappa shape index (κ1) is 18.6. The summed E-state index contributed by atoms with van der Waals surface area (Å²) < 4.78 is 0.124. The Morgan fingerprint density at radius 3 is 2.22 bits per heavy atom. The van der Waals surface area contributed by atoms with Crippen molar-refractivity contribution in [2.24, 2.45) is 10.8 Å². The number of hydrogen-bond donors (Lipinski definition) is 0. The molecule has 0 amide bonds. The second kappa shape index (κ2) is 6.31. The molecule has 2 aliphatic carbocycles. The Morgan fingerprint density at radius 2 is 1.74 bits per heavy atom. The first-order chi connectivity index (χ1) is 10.5. The first-order valence-electron chi connectivity index (χ1n) is 8.95. The molecular weight excluding hydrogens is 296 g/mol. The molecule has 0 spiro atoms. The van der Waals surface area contributed by atoms with Crippen LogP contribution in [0.25, 0.3) is 0 Å². The Hall–Kier alpha value is -0.690. The van der Waals surface area contributed by atoms with Crippen LogP contribution < -0.4 is 0 Å². The third-order valence-electron chi connectivity index (χ3n) is 5.27. The molecule has 0 fully saturated rings. The van der Waals surface area contributed by atoms with Crippen molar-refractivity contribution in [2.75, 3.05) is 0 Å². The highest BCUT2D eigenvalue weighted by molar-refractivity contribution is 8.01. The van der Waals surface area contributed by atoms with Crippen LogP contribution in [0, 0.1) is 10.8 Å². The van der Waals surface area contributed by atoms with E-state index in [1.54, 1.807) is 5.57 Å². The highest BCUT2D eigenvalue weighted by Crippen LogP contribution is 2.60. The summed E-state index contributed by atoms with van der Waals surface area (Å²) in [6.45, 7) is 19.0. The van der Waals surface area contributed by atoms with Gasteiger partial charge in [0.2, 0.25) is 0 Å². The van der Waals surface area contributed by atoms with Gasteiger partial charge in [-0.05, 0) is 41.6 Å². The largest absolute Gasteiger partial charge is 0.147 e. The fourth-order valence-corrected chi connectivity index (χ4v) is 5.94. The highest BCUT2D eigenvalue weighted by atomic mass is 32.2. The van der Waals surface area contributed by atoms with Crippen LogP contribution >= 0.6 is 11.8 Å². The summed E-state index contributed by atoms with van der Waals surface area (Å²) in [7, 11) is 0. The second-order valence-corrected chi connectivity index (χ2v) is 10.8. The number of hydrogen-bond acceptors (Lipinski definition) is 1. The van der Waals surface area contributed by atoms with E-state index < -0.39 is 0 Å². The van der Waals surface area contributed by atoms with Crippen molar-refractivity contribution in [3.05, 3.63) is 47.1 Å². The first-order valence-corrected chi connectivity index (χ1v) is 9.83. The van der Waals surface area contributed by atoms with Crippen LogP contribution in [0.1, 0.15) is 68.2 Å². The van der Waals surface area contributed by atoms with Crippen LogP contribution in [0.2, 0.25) is 0 Å². The van der Waals surface area contributed by atoms with Gasteiger partial charge in [0.25, 0.3) is 0 Å². The Bertz CT molecular complexity index is 576. The van der Waals surface area contributed by atoms with Crippen molar-refractivity contribution in [3.63, 3.8) is 0 Å². The van der Waals surface area contributed by atoms with E-state index in [4.69, 9.17) is 0 Å². The molecule has 0 aromatic heterocycles. The van der Waals surface area contributed by atoms with Gasteiger partial charge in [0.05, 0.1) is 4.75 Å². The van der Waals surface area contributed by atoms with Crippen molar-refractivity contribution >= 4 is 11.8 Å². The summed E-state index contributed by atoms with van der Waals surface area (Å²) in [5.41, 5.74) is 4.83. The monoisotopic (exact) mass is 330 g/mol. The Balaban J connectivity index is 2.64. The van der Waals surface area contributed by atoms with Gasteiger partial charge in [-0.2, -0.15) is 0 Å². The molecule has 1 unspecified atom stereocenters. The van der Waals surface area contributed by atoms with Gasteiger partial charge in [-0.15, -0.1) is 11.8 Å². The predicted molar refractivity (Wildman–Crippen MR) is 107 cm³/mol. The quantitative estimate of drug-likeness (QED) is 0.529. The molecule has 0 aromatic rings. The van der Waals surface area contributed by atoms with E-state index >= 15 is 0 Å². The molecule has 2 rings (SSSR count). The minimum atomic E-state index is 0.116. The molecule has 128 valence electrons. The van der Waals surface area contributed by atoms with Gasteiger partial charge in [0.15, 0.2) is 0 Å². The van der Waals surface area contributed by atoms with Crippen molar-refractivity contribution in [1.82, 2.24) is 0 Å². The summed E-state index contributed by atoms with van der Waals surface area (Å²) in [6, 6.07) is 0. The molecule has 0 N–H and O–H groups in total. The molecule has 0 aromatic carbocycles. The zero-order valence-corrected chi connectivity index (χ0v) is 17.1. The van der Waals surface area contributed by atoms with Gasteiger partial charge >= 0.3 is 0 Å². The summed E-state index contributed by atoms with van der Waals surface area (Å²) >= 11 is 2.17. The van der Waals surface area contributed by atoms with Gasteiger partial charge in [0, 0.05) is 5.41 Å². The molecule has 0 saturated heterocycles. The lowest BCUT2D eigenvalue weighted by Gasteiger charge is -2.54. The maximum absolute atomic E-state index is 2.47. The number of thioether (sulfide) groups is 1. The van der Waals surface area contributed by atoms with Crippen LogP contribution in [-0.2, 0) is 0 Å². The number of rotatable bonds is 4. The third-order valence-corrected chi connectivity index (χ3v) is 7.04. The Labute approximate surface area is 148 Å². The van der Waals surface area contributed by atoms with Crippen LogP contribution in [0.15, 0.2) is 47.1 Å².